The summed E-state index contributed by atoms with van der Waals surface area (Å²) in [6.45, 7) is 0. The number of hydrogen-bond donors (Lipinski definition) is 0. The Hall–Kier alpha value is -0.910. The molecule has 1 heterocycles. The highest BCUT2D eigenvalue weighted by Crippen LogP contribution is 2.23. The molecule has 0 aliphatic rings. The van der Waals surface area contributed by atoms with Gasteiger partial charge in [-0.1, -0.05) is 0 Å². The second-order valence-corrected chi connectivity index (χ2v) is 3.82. The fourth-order valence-electron chi connectivity index (χ4n) is 1.17. The highest BCUT2D eigenvalue weighted by molar-refractivity contribution is 14.1. The van der Waals surface area contributed by atoms with Crippen LogP contribution >= 0.6 is 22.6 Å². The lowest BCUT2D eigenvalue weighted by Crippen LogP contribution is -1.90. The van der Waals surface area contributed by atoms with E-state index in [-0.39, 0.29) is 0 Å². The molecule has 0 atom stereocenters. The predicted octanol–water partition coefficient (Wildman–Crippen LogP) is 2.24. The van der Waals surface area contributed by atoms with Gasteiger partial charge in [-0.15, -0.1) is 0 Å². The van der Waals surface area contributed by atoms with E-state index in [2.05, 4.69) is 32.8 Å². The number of hydrogen-bond acceptors (Lipinski definition) is 3. The number of ether oxygens (including phenoxy) is 1. The molecule has 0 saturated heterocycles. The summed E-state index contributed by atoms with van der Waals surface area (Å²) >= 11 is 2.26. The van der Waals surface area contributed by atoms with Gasteiger partial charge >= 0.3 is 0 Å². The summed E-state index contributed by atoms with van der Waals surface area (Å²) in [6, 6.07) is 5.97. The third kappa shape index (κ3) is 1.58. The summed E-state index contributed by atoms with van der Waals surface area (Å²) in [5.74, 6) is 0.767. The Morgan fingerprint density at radius 2 is 2.23 bits per heavy atom. The van der Waals surface area contributed by atoms with E-state index < -0.39 is 0 Å². The molecule has 0 bridgehead atoms. The Balaban J connectivity index is 2.79. The average Bonchev–Trinajstić information content (AvgIpc) is 2.17. The van der Waals surface area contributed by atoms with Crippen LogP contribution in [0.4, 0.5) is 0 Å². The zero-order valence-corrected chi connectivity index (χ0v) is 9.15. The first-order valence-electron chi connectivity index (χ1n) is 3.76. The Labute approximate surface area is 89.3 Å². The van der Waals surface area contributed by atoms with E-state index >= 15 is 0 Å². The molecular weight excluding hydrogens is 279 g/mol. The molecule has 0 saturated carbocycles. The first-order chi connectivity index (χ1) is 6.31. The van der Waals surface area contributed by atoms with Gasteiger partial charge in [0.05, 0.1) is 18.8 Å². The summed E-state index contributed by atoms with van der Waals surface area (Å²) in [5, 5.41) is 8.84. The summed E-state index contributed by atoms with van der Waals surface area (Å²) in [5.41, 5.74) is 0.861. The van der Waals surface area contributed by atoms with Crippen LogP contribution in [-0.4, -0.2) is 17.3 Å². The van der Waals surface area contributed by atoms with Crippen molar-refractivity contribution in [3.05, 3.63) is 28.0 Å². The Morgan fingerprint density at radius 1 is 1.38 bits per heavy atom. The van der Waals surface area contributed by atoms with Gasteiger partial charge in [-0.2, -0.15) is 10.2 Å². The minimum atomic E-state index is 0.767. The zero-order chi connectivity index (χ0) is 9.26. The van der Waals surface area contributed by atoms with Crippen LogP contribution in [0.5, 0.6) is 5.75 Å². The van der Waals surface area contributed by atoms with Crippen molar-refractivity contribution < 1.29 is 4.74 Å². The highest BCUT2D eigenvalue weighted by Gasteiger charge is 2.02. The molecule has 3 nitrogen and oxygen atoms in total. The van der Waals surface area contributed by atoms with Crippen molar-refractivity contribution in [3.63, 3.8) is 0 Å². The molecule has 13 heavy (non-hydrogen) atoms. The maximum atomic E-state index is 5.18. The van der Waals surface area contributed by atoms with Crippen molar-refractivity contribution in [1.82, 2.24) is 10.2 Å². The quantitative estimate of drug-likeness (QED) is 0.754. The number of halogens is 1. The van der Waals surface area contributed by atoms with Gasteiger partial charge in [0, 0.05) is 8.96 Å². The Kier molecular flexibility index (Phi) is 2.30. The molecule has 1 aromatic heterocycles. The van der Waals surface area contributed by atoms with Crippen molar-refractivity contribution in [1.29, 1.82) is 0 Å². The summed E-state index contributed by atoms with van der Waals surface area (Å²) in [6.07, 6.45) is 1.62. The minimum absolute atomic E-state index is 0.767. The molecule has 2 aromatic rings. The standard InChI is InChI=1S/C9H7IN2O/c1-13-9-5-11-12-8-3-2-6(10)4-7(8)9/h2-5H,1H3. The number of aromatic nitrogens is 2. The monoisotopic (exact) mass is 286 g/mol. The third-order valence-electron chi connectivity index (χ3n) is 1.78. The first kappa shape index (κ1) is 8.68. The minimum Gasteiger partial charge on any atom is -0.494 e. The van der Waals surface area contributed by atoms with Crippen LogP contribution < -0.4 is 4.74 Å². The van der Waals surface area contributed by atoms with Crippen LogP contribution in [0, 0.1) is 3.57 Å². The number of benzene rings is 1. The largest absolute Gasteiger partial charge is 0.494 e. The lowest BCUT2D eigenvalue weighted by molar-refractivity contribution is 0.417. The van der Waals surface area contributed by atoms with Crippen molar-refractivity contribution in [2.45, 2.75) is 0 Å². The van der Waals surface area contributed by atoms with E-state index in [0.29, 0.717) is 0 Å². The van der Waals surface area contributed by atoms with E-state index in [9.17, 15) is 0 Å². The van der Waals surface area contributed by atoms with Crippen LogP contribution in [0.25, 0.3) is 10.9 Å². The maximum Gasteiger partial charge on any atom is 0.148 e. The molecule has 0 spiro atoms. The summed E-state index contributed by atoms with van der Waals surface area (Å²) in [7, 11) is 1.64. The molecule has 0 aliphatic carbocycles. The van der Waals surface area contributed by atoms with Gasteiger partial charge in [0.15, 0.2) is 0 Å². The Morgan fingerprint density at radius 3 is 3.00 bits per heavy atom. The molecule has 0 unspecified atom stereocenters. The second-order valence-electron chi connectivity index (χ2n) is 2.57. The van der Waals surface area contributed by atoms with E-state index in [1.807, 2.05) is 18.2 Å². The van der Waals surface area contributed by atoms with Gasteiger partial charge in [-0.25, -0.2) is 0 Å². The van der Waals surface area contributed by atoms with Crippen molar-refractivity contribution in [2.24, 2.45) is 0 Å². The van der Waals surface area contributed by atoms with Gasteiger partial charge in [0.2, 0.25) is 0 Å². The summed E-state index contributed by atoms with van der Waals surface area (Å²) < 4.78 is 6.34. The van der Waals surface area contributed by atoms with E-state index in [4.69, 9.17) is 4.74 Å². The second kappa shape index (κ2) is 3.45. The summed E-state index contributed by atoms with van der Waals surface area (Å²) in [4.78, 5) is 0. The van der Waals surface area contributed by atoms with Crippen LogP contribution in [0.1, 0.15) is 0 Å². The fourth-order valence-corrected chi connectivity index (χ4v) is 1.66. The lowest BCUT2D eigenvalue weighted by atomic mass is 10.2. The first-order valence-corrected chi connectivity index (χ1v) is 4.84. The molecule has 2 rings (SSSR count). The molecule has 1 aromatic carbocycles. The highest BCUT2D eigenvalue weighted by atomic mass is 127. The SMILES string of the molecule is COc1cnnc2ccc(I)cc12. The molecule has 66 valence electrons. The van der Waals surface area contributed by atoms with Gasteiger partial charge < -0.3 is 4.74 Å². The molecule has 0 N–H and O–H groups in total. The molecule has 0 radical (unpaired) electrons. The lowest BCUT2D eigenvalue weighted by Gasteiger charge is -2.02. The molecule has 0 fully saturated rings. The van der Waals surface area contributed by atoms with E-state index in [1.54, 1.807) is 13.3 Å². The topological polar surface area (TPSA) is 35.0 Å². The van der Waals surface area contributed by atoms with Crippen LogP contribution in [-0.2, 0) is 0 Å². The van der Waals surface area contributed by atoms with Crippen molar-refractivity contribution in [3.8, 4) is 5.75 Å². The van der Waals surface area contributed by atoms with Crippen LogP contribution in [0.3, 0.4) is 0 Å². The zero-order valence-electron chi connectivity index (χ0n) is 6.99. The smallest absolute Gasteiger partial charge is 0.148 e. The predicted molar refractivity (Wildman–Crippen MR) is 58.8 cm³/mol. The van der Waals surface area contributed by atoms with Crippen molar-refractivity contribution >= 4 is 33.5 Å². The third-order valence-corrected chi connectivity index (χ3v) is 2.46. The average molecular weight is 286 g/mol. The van der Waals surface area contributed by atoms with Crippen LogP contribution in [0.2, 0.25) is 0 Å². The number of fused-ring (bicyclic) bond motifs is 1. The Bertz CT molecular complexity index is 445. The van der Waals surface area contributed by atoms with E-state index in [1.165, 1.54) is 0 Å². The molecule has 0 aliphatic heterocycles. The van der Waals surface area contributed by atoms with E-state index in [0.717, 1.165) is 20.2 Å². The molecular formula is C9H7IN2O. The molecule has 4 heteroatoms. The van der Waals surface area contributed by atoms with Crippen LogP contribution in [0.15, 0.2) is 24.4 Å². The van der Waals surface area contributed by atoms with Gasteiger partial charge in [-0.3, -0.25) is 0 Å². The van der Waals surface area contributed by atoms with Crippen molar-refractivity contribution in [2.75, 3.05) is 7.11 Å². The number of methoxy groups -OCH3 is 1. The van der Waals surface area contributed by atoms with Gasteiger partial charge in [-0.05, 0) is 40.8 Å². The normalized spacial score (nSPS) is 10.3. The maximum absolute atomic E-state index is 5.18. The van der Waals surface area contributed by atoms with Gasteiger partial charge in [0.1, 0.15) is 5.75 Å². The van der Waals surface area contributed by atoms with Gasteiger partial charge in [0.25, 0.3) is 0 Å². The fraction of sp³-hybridized carbons (Fsp3) is 0.111. The molecule has 0 amide bonds. The number of nitrogens with zero attached hydrogens (tertiary/aromatic N) is 2. The number of rotatable bonds is 1.